The minimum absolute atomic E-state index is 0.106. The number of amides is 1. The highest BCUT2D eigenvalue weighted by Gasteiger charge is 2.23. The average Bonchev–Trinajstić information content (AvgIpc) is 2.78. The Kier molecular flexibility index (Phi) is 4.61. The van der Waals surface area contributed by atoms with Gasteiger partial charge in [0.25, 0.3) is 5.91 Å². The molecule has 20 heavy (non-hydrogen) atoms. The van der Waals surface area contributed by atoms with Crippen molar-refractivity contribution in [2.45, 2.75) is 13.8 Å². The van der Waals surface area contributed by atoms with Crippen molar-refractivity contribution in [2.24, 2.45) is 10.9 Å². The Morgan fingerprint density at radius 2 is 2.05 bits per heavy atom. The first-order valence-corrected chi connectivity index (χ1v) is 7.38. The van der Waals surface area contributed by atoms with Crippen LogP contribution in [0.5, 0.6) is 0 Å². The fourth-order valence-corrected chi connectivity index (χ4v) is 3.21. The molecule has 1 aliphatic rings. The number of nitrogens with two attached hydrogens (primary N) is 1. The highest BCUT2D eigenvalue weighted by Crippen LogP contribution is 2.22. The van der Waals surface area contributed by atoms with Gasteiger partial charge in [0.1, 0.15) is 0 Å². The molecule has 7 heteroatoms. The molecular formula is C13H20N4O2S. The van der Waals surface area contributed by atoms with Crippen LogP contribution < -0.4 is 5.73 Å². The van der Waals surface area contributed by atoms with Crippen LogP contribution in [0.4, 0.5) is 0 Å². The maximum atomic E-state index is 12.4. The van der Waals surface area contributed by atoms with Gasteiger partial charge in [-0.25, -0.2) is 0 Å². The summed E-state index contributed by atoms with van der Waals surface area (Å²) in [7, 11) is 0. The summed E-state index contributed by atoms with van der Waals surface area (Å²) in [5, 5.41) is 11.5. The molecule has 1 aliphatic heterocycles. The summed E-state index contributed by atoms with van der Waals surface area (Å²) in [6, 6.07) is 1.96. The van der Waals surface area contributed by atoms with Crippen LogP contribution in [0.15, 0.2) is 11.2 Å². The third kappa shape index (κ3) is 3.29. The van der Waals surface area contributed by atoms with Crippen LogP contribution in [0, 0.1) is 13.8 Å². The van der Waals surface area contributed by atoms with Gasteiger partial charge in [-0.1, -0.05) is 5.16 Å². The minimum Gasteiger partial charge on any atom is -0.409 e. The van der Waals surface area contributed by atoms with Crippen LogP contribution in [0.2, 0.25) is 0 Å². The molecule has 0 unspecified atom stereocenters. The fourth-order valence-electron chi connectivity index (χ4n) is 2.20. The molecule has 1 aromatic rings. The lowest BCUT2D eigenvalue weighted by Crippen LogP contribution is -2.50. The Morgan fingerprint density at radius 3 is 2.55 bits per heavy atom. The van der Waals surface area contributed by atoms with E-state index in [0.29, 0.717) is 19.6 Å². The molecule has 2 heterocycles. The van der Waals surface area contributed by atoms with Gasteiger partial charge >= 0.3 is 0 Å². The van der Waals surface area contributed by atoms with E-state index in [-0.39, 0.29) is 11.7 Å². The van der Waals surface area contributed by atoms with Crippen molar-refractivity contribution in [1.29, 1.82) is 0 Å². The van der Waals surface area contributed by atoms with E-state index in [0.717, 1.165) is 18.0 Å². The van der Waals surface area contributed by atoms with Crippen molar-refractivity contribution in [3.05, 3.63) is 21.4 Å². The molecule has 110 valence electrons. The number of hydrogen-bond donors (Lipinski definition) is 2. The first-order valence-electron chi connectivity index (χ1n) is 6.56. The molecule has 0 aliphatic carbocycles. The first kappa shape index (κ1) is 14.8. The Bertz CT molecular complexity index is 499. The number of hydrogen-bond acceptors (Lipinski definition) is 5. The number of oxime groups is 1. The summed E-state index contributed by atoms with van der Waals surface area (Å²) in [5.74, 6) is 0.309. The number of rotatable bonds is 3. The van der Waals surface area contributed by atoms with E-state index in [1.165, 1.54) is 10.4 Å². The molecule has 1 saturated heterocycles. The monoisotopic (exact) mass is 296 g/mol. The van der Waals surface area contributed by atoms with E-state index >= 15 is 0 Å². The number of thiophene rings is 1. The molecule has 0 radical (unpaired) electrons. The molecule has 3 N–H and O–H groups in total. The second kappa shape index (κ2) is 6.23. The van der Waals surface area contributed by atoms with Crippen molar-refractivity contribution in [1.82, 2.24) is 9.80 Å². The van der Waals surface area contributed by atoms with Crippen LogP contribution in [0.1, 0.15) is 20.1 Å². The largest absolute Gasteiger partial charge is 0.409 e. The Hall–Kier alpha value is -1.60. The second-order valence-corrected chi connectivity index (χ2v) is 6.27. The Labute approximate surface area is 122 Å². The molecule has 0 spiro atoms. The van der Waals surface area contributed by atoms with Gasteiger partial charge in [0.15, 0.2) is 5.84 Å². The quantitative estimate of drug-likeness (QED) is 0.375. The Balaban J connectivity index is 1.92. The number of nitrogens with zero attached hydrogens (tertiary/aromatic N) is 3. The number of piperazine rings is 1. The molecule has 0 atom stereocenters. The molecule has 0 bridgehead atoms. The molecule has 0 saturated carbocycles. The zero-order valence-electron chi connectivity index (χ0n) is 11.8. The van der Waals surface area contributed by atoms with Crippen molar-refractivity contribution in [3.63, 3.8) is 0 Å². The lowest BCUT2D eigenvalue weighted by Gasteiger charge is -2.34. The third-order valence-corrected chi connectivity index (χ3v) is 4.69. The molecule has 1 aromatic heterocycles. The number of carbonyl (C=O) groups excluding carboxylic acids is 1. The maximum absolute atomic E-state index is 12.4. The third-order valence-electron chi connectivity index (χ3n) is 3.55. The highest BCUT2D eigenvalue weighted by atomic mass is 32.1. The van der Waals surface area contributed by atoms with Crippen LogP contribution in [-0.4, -0.2) is 59.5 Å². The van der Waals surface area contributed by atoms with Crippen molar-refractivity contribution >= 4 is 23.1 Å². The van der Waals surface area contributed by atoms with Gasteiger partial charge in [0.05, 0.1) is 11.4 Å². The van der Waals surface area contributed by atoms with Gasteiger partial charge < -0.3 is 15.8 Å². The van der Waals surface area contributed by atoms with Gasteiger partial charge in [0.2, 0.25) is 0 Å². The highest BCUT2D eigenvalue weighted by molar-refractivity contribution is 7.14. The van der Waals surface area contributed by atoms with Crippen LogP contribution in [0.3, 0.4) is 0 Å². The van der Waals surface area contributed by atoms with Gasteiger partial charge in [-0.3, -0.25) is 9.69 Å². The molecular weight excluding hydrogens is 276 g/mol. The predicted molar refractivity (Wildman–Crippen MR) is 79.5 cm³/mol. The number of aryl methyl sites for hydroxylation is 2. The molecule has 1 amide bonds. The fraction of sp³-hybridized carbons (Fsp3) is 0.538. The summed E-state index contributed by atoms with van der Waals surface area (Å²) in [6.07, 6.45) is 0. The van der Waals surface area contributed by atoms with Gasteiger partial charge in [-0.15, -0.1) is 11.3 Å². The normalized spacial score (nSPS) is 17.5. The van der Waals surface area contributed by atoms with E-state index in [9.17, 15) is 4.79 Å². The lowest BCUT2D eigenvalue weighted by molar-refractivity contribution is 0.0658. The lowest BCUT2D eigenvalue weighted by atomic mass is 10.2. The zero-order valence-corrected chi connectivity index (χ0v) is 12.6. The molecule has 1 fully saturated rings. The summed E-state index contributed by atoms with van der Waals surface area (Å²) in [5.41, 5.74) is 6.66. The van der Waals surface area contributed by atoms with Gasteiger partial charge in [-0.2, -0.15) is 0 Å². The second-order valence-electron chi connectivity index (χ2n) is 5.01. The Morgan fingerprint density at radius 1 is 1.40 bits per heavy atom. The van der Waals surface area contributed by atoms with E-state index in [1.54, 1.807) is 11.3 Å². The standard InChI is InChI=1S/C13H20N4O2S/c1-9-7-11(20-10(9)2)13(18)17-5-3-16(4-6-17)8-12(14)15-19/h7,19H,3-6,8H2,1-2H3,(H2,14,15). The van der Waals surface area contributed by atoms with Crippen molar-refractivity contribution in [3.8, 4) is 0 Å². The van der Waals surface area contributed by atoms with Crippen molar-refractivity contribution < 1.29 is 10.0 Å². The summed E-state index contributed by atoms with van der Waals surface area (Å²) < 4.78 is 0. The smallest absolute Gasteiger partial charge is 0.264 e. The maximum Gasteiger partial charge on any atom is 0.264 e. The molecule has 2 rings (SSSR count). The topological polar surface area (TPSA) is 82.2 Å². The molecule has 0 aromatic carbocycles. The van der Waals surface area contributed by atoms with E-state index in [4.69, 9.17) is 10.9 Å². The van der Waals surface area contributed by atoms with Gasteiger partial charge in [-0.05, 0) is 25.5 Å². The zero-order chi connectivity index (χ0) is 14.7. The number of amidine groups is 1. The van der Waals surface area contributed by atoms with Crippen LogP contribution >= 0.6 is 11.3 Å². The minimum atomic E-state index is 0.106. The number of carbonyl (C=O) groups is 1. The first-order chi connectivity index (χ1) is 9.51. The molecule has 6 nitrogen and oxygen atoms in total. The van der Waals surface area contributed by atoms with E-state index in [1.807, 2.05) is 24.8 Å². The van der Waals surface area contributed by atoms with E-state index in [2.05, 4.69) is 10.1 Å². The van der Waals surface area contributed by atoms with Crippen LogP contribution in [-0.2, 0) is 0 Å². The summed E-state index contributed by atoms with van der Waals surface area (Å²) >= 11 is 1.55. The predicted octanol–water partition coefficient (Wildman–Crippen LogP) is 0.869. The van der Waals surface area contributed by atoms with E-state index < -0.39 is 0 Å². The average molecular weight is 296 g/mol. The van der Waals surface area contributed by atoms with Crippen LogP contribution in [0.25, 0.3) is 0 Å². The summed E-state index contributed by atoms with van der Waals surface area (Å²) in [6.45, 7) is 7.33. The van der Waals surface area contributed by atoms with Gasteiger partial charge in [0, 0.05) is 31.1 Å². The SMILES string of the molecule is Cc1cc(C(=O)N2CCN(CC(N)=NO)CC2)sc1C. The van der Waals surface area contributed by atoms with Crippen molar-refractivity contribution in [2.75, 3.05) is 32.7 Å². The summed E-state index contributed by atoms with van der Waals surface area (Å²) in [4.78, 5) is 18.3.